The Morgan fingerprint density at radius 3 is 2.25 bits per heavy atom. The number of nitrogens with one attached hydrogen (secondary N) is 2. The van der Waals surface area contributed by atoms with Crippen LogP contribution in [0.1, 0.15) is 35.0 Å². The molecule has 0 bridgehead atoms. The maximum atomic E-state index is 14.2. The summed E-state index contributed by atoms with van der Waals surface area (Å²) in [5.41, 5.74) is 6.82. The van der Waals surface area contributed by atoms with Crippen LogP contribution in [-0.2, 0) is 28.9 Å². The molecule has 0 aliphatic carbocycles. The second-order valence-corrected chi connectivity index (χ2v) is 11.2. The highest BCUT2D eigenvalue weighted by atomic mass is 35.5. The molecule has 3 aromatic carbocycles. The Hall–Kier alpha value is -5.51. The lowest BCUT2D eigenvalue weighted by Crippen LogP contribution is -2.39. The average molecular weight is 673 g/mol. The number of rotatable bonds is 10. The van der Waals surface area contributed by atoms with Gasteiger partial charge in [0.2, 0.25) is 0 Å². The molecule has 5 aromatic rings. The van der Waals surface area contributed by atoms with Crippen LogP contribution >= 0.6 is 11.6 Å². The molecule has 0 spiro atoms. The smallest absolute Gasteiger partial charge is 0.364 e. The molecule has 2 heterocycles. The van der Waals surface area contributed by atoms with E-state index >= 15 is 0 Å². The Balaban J connectivity index is 1.59. The Morgan fingerprint density at radius 1 is 0.979 bits per heavy atom. The number of alkyl halides is 3. The maximum Gasteiger partial charge on any atom is 0.433 e. The van der Waals surface area contributed by atoms with Crippen molar-refractivity contribution in [2.45, 2.75) is 39.3 Å². The minimum absolute atomic E-state index is 0.0532. The number of halogens is 4. The lowest BCUT2D eigenvalue weighted by Gasteiger charge is -2.20. The molecule has 244 valence electrons. The van der Waals surface area contributed by atoms with Crippen molar-refractivity contribution >= 4 is 23.3 Å². The summed E-state index contributed by atoms with van der Waals surface area (Å²) in [4.78, 5) is 31.0. The topological polar surface area (TPSA) is 122 Å². The first-order chi connectivity index (χ1) is 22.9. The lowest BCUT2D eigenvalue weighted by molar-refractivity contribution is -0.141. The van der Waals surface area contributed by atoms with Gasteiger partial charge in [-0.1, -0.05) is 72.3 Å². The summed E-state index contributed by atoms with van der Waals surface area (Å²) < 4.78 is 46.7. The molecule has 5 rings (SSSR count). The molecule has 2 N–H and O–H groups in total. The minimum atomic E-state index is -4.64. The molecule has 2 aromatic heterocycles. The van der Waals surface area contributed by atoms with Gasteiger partial charge in [-0.05, 0) is 66.4 Å². The number of aryl methyl sites for hydroxylation is 1. The molecule has 48 heavy (non-hydrogen) atoms. The van der Waals surface area contributed by atoms with Crippen molar-refractivity contribution in [3.63, 3.8) is 0 Å². The first kappa shape index (κ1) is 33.8. The lowest BCUT2D eigenvalue weighted by atomic mass is 9.95. The van der Waals surface area contributed by atoms with Gasteiger partial charge in [-0.2, -0.15) is 18.4 Å². The largest absolute Gasteiger partial charge is 0.433 e. The minimum Gasteiger partial charge on any atom is -0.364 e. The molecule has 9 nitrogen and oxygen atoms in total. The molecule has 1 amide bonds. The van der Waals surface area contributed by atoms with Crippen LogP contribution in [0.25, 0.3) is 22.3 Å². The molecular formula is C35H28ClF3N6O3. The SMILES string of the molecule is Cc1nc(C(F)(F)F)ccc1Cn1nc(NNC(=O)C(C)OCc2ccccc2)c(-c2ccc(Cl)cc2)c(-c2ccc(C#N)cc2)c1=O. The fourth-order valence-electron chi connectivity index (χ4n) is 4.81. The number of amides is 1. The highest BCUT2D eigenvalue weighted by molar-refractivity contribution is 6.30. The van der Waals surface area contributed by atoms with Crippen molar-refractivity contribution in [1.29, 1.82) is 5.26 Å². The summed E-state index contributed by atoms with van der Waals surface area (Å²) in [5.74, 6) is -0.479. The number of anilines is 1. The number of benzene rings is 3. The quantitative estimate of drug-likeness (QED) is 0.155. The molecule has 0 saturated carbocycles. The van der Waals surface area contributed by atoms with Crippen LogP contribution in [0.5, 0.6) is 0 Å². The standard InChI is InChI=1S/C35H28ClF3N6O3/c1-21-27(14-17-29(41-21)35(37,38)39)19-45-34(47)31(26-10-8-23(18-40)9-11-26)30(25-12-15-28(36)16-13-25)32(44-45)42-43-33(46)22(2)48-20-24-6-4-3-5-7-24/h3-17,22H,19-20H2,1-2H3,(H,42,44)(H,43,46). The van der Waals surface area contributed by atoms with Crippen molar-refractivity contribution in [3.05, 3.63) is 134 Å². The van der Waals surface area contributed by atoms with Crippen molar-refractivity contribution in [3.8, 4) is 28.3 Å². The molecule has 1 unspecified atom stereocenters. The zero-order chi connectivity index (χ0) is 34.4. The molecule has 0 radical (unpaired) electrons. The van der Waals surface area contributed by atoms with Gasteiger partial charge < -0.3 is 4.74 Å². The van der Waals surface area contributed by atoms with E-state index < -0.39 is 29.4 Å². The van der Waals surface area contributed by atoms with Gasteiger partial charge in [-0.25, -0.2) is 9.67 Å². The van der Waals surface area contributed by atoms with E-state index in [9.17, 15) is 28.0 Å². The summed E-state index contributed by atoms with van der Waals surface area (Å²) in [6.45, 7) is 2.95. The van der Waals surface area contributed by atoms with E-state index in [0.29, 0.717) is 32.8 Å². The van der Waals surface area contributed by atoms with Gasteiger partial charge in [-0.3, -0.25) is 20.4 Å². The van der Waals surface area contributed by atoms with E-state index in [2.05, 4.69) is 20.9 Å². The number of hydrogen-bond acceptors (Lipinski definition) is 7. The van der Waals surface area contributed by atoms with E-state index in [1.807, 2.05) is 36.4 Å². The number of carbonyl (C=O) groups excluding carboxylic acids is 1. The zero-order valence-electron chi connectivity index (χ0n) is 25.7. The Labute approximate surface area is 278 Å². The summed E-state index contributed by atoms with van der Waals surface area (Å²) >= 11 is 6.17. The van der Waals surface area contributed by atoms with Crippen LogP contribution < -0.4 is 16.4 Å². The fraction of sp³-hybridized carbons (Fsp3) is 0.171. The van der Waals surface area contributed by atoms with Crippen LogP contribution in [0.3, 0.4) is 0 Å². The number of hydrogen-bond donors (Lipinski definition) is 2. The molecular weight excluding hydrogens is 645 g/mol. The number of nitrogens with zero attached hydrogens (tertiary/aromatic N) is 4. The second kappa shape index (κ2) is 14.5. The number of aromatic nitrogens is 3. The van der Waals surface area contributed by atoms with Crippen LogP contribution in [0, 0.1) is 18.3 Å². The first-order valence-corrected chi connectivity index (χ1v) is 15.0. The first-order valence-electron chi connectivity index (χ1n) is 14.6. The van der Waals surface area contributed by atoms with Gasteiger partial charge in [0.05, 0.1) is 30.3 Å². The molecule has 0 aliphatic heterocycles. The fourth-order valence-corrected chi connectivity index (χ4v) is 4.94. The van der Waals surface area contributed by atoms with Crippen molar-refractivity contribution in [1.82, 2.24) is 20.2 Å². The average Bonchev–Trinajstić information content (AvgIpc) is 3.08. The molecule has 0 aliphatic rings. The van der Waals surface area contributed by atoms with E-state index in [-0.39, 0.29) is 30.2 Å². The Morgan fingerprint density at radius 2 is 1.62 bits per heavy atom. The third-order valence-electron chi connectivity index (χ3n) is 7.41. The maximum absolute atomic E-state index is 14.2. The monoisotopic (exact) mass is 672 g/mol. The summed E-state index contributed by atoms with van der Waals surface area (Å²) in [6.07, 6.45) is -5.53. The van der Waals surface area contributed by atoms with Crippen LogP contribution in [-0.4, -0.2) is 26.8 Å². The predicted octanol–water partition coefficient (Wildman–Crippen LogP) is 6.92. The third kappa shape index (κ3) is 7.88. The molecule has 0 saturated heterocycles. The van der Waals surface area contributed by atoms with Gasteiger partial charge in [-0.15, -0.1) is 5.10 Å². The Bertz CT molecular complexity index is 2030. The number of nitriles is 1. The molecule has 13 heteroatoms. The highest BCUT2D eigenvalue weighted by Crippen LogP contribution is 2.35. The summed E-state index contributed by atoms with van der Waals surface area (Å²) in [7, 11) is 0. The van der Waals surface area contributed by atoms with Gasteiger partial charge >= 0.3 is 6.18 Å². The zero-order valence-corrected chi connectivity index (χ0v) is 26.4. The van der Waals surface area contributed by atoms with Crippen LogP contribution in [0.15, 0.2) is 95.8 Å². The van der Waals surface area contributed by atoms with Crippen LogP contribution in [0.4, 0.5) is 19.0 Å². The van der Waals surface area contributed by atoms with E-state index in [1.54, 1.807) is 55.5 Å². The van der Waals surface area contributed by atoms with E-state index in [0.717, 1.165) is 16.3 Å². The third-order valence-corrected chi connectivity index (χ3v) is 7.67. The van der Waals surface area contributed by atoms with Gasteiger partial charge in [0.15, 0.2) is 5.82 Å². The van der Waals surface area contributed by atoms with Crippen LogP contribution in [0.2, 0.25) is 5.02 Å². The van der Waals surface area contributed by atoms with E-state index in [1.165, 1.54) is 13.0 Å². The second-order valence-electron chi connectivity index (χ2n) is 10.7. The van der Waals surface area contributed by atoms with E-state index in [4.69, 9.17) is 16.3 Å². The predicted molar refractivity (Wildman–Crippen MR) is 175 cm³/mol. The van der Waals surface area contributed by atoms with Gasteiger partial charge in [0, 0.05) is 16.3 Å². The molecule has 0 fully saturated rings. The molecule has 1 atom stereocenters. The van der Waals surface area contributed by atoms with Gasteiger partial charge in [0.25, 0.3) is 11.5 Å². The number of ether oxygens (including phenoxy) is 1. The van der Waals surface area contributed by atoms with Crippen molar-refractivity contribution < 1.29 is 22.7 Å². The van der Waals surface area contributed by atoms with Crippen molar-refractivity contribution in [2.24, 2.45) is 0 Å². The normalized spacial score (nSPS) is 11.9. The summed E-state index contributed by atoms with van der Waals surface area (Å²) in [5, 5.41) is 14.3. The number of hydrazine groups is 1. The summed E-state index contributed by atoms with van der Waals surface area (Å²) in [6, 6.07) is 26.4. The van der Waals surface area contributed by atoms with Crippen molar-refractivity contribution in [2.75, 3.05) is 5.43 Å². The highest BCUT2D eigenvalue weighted by Gasteiger charge is 2.33. The number of pyridine rings is 1. The Kier molecular flexibility index (Phi) is 10.2. The van der Waals surface area contributed by atoms with Gasteiger partial charge in [0.1, 0.15) is 11.8 Å². The number of carbonyl (C=O) groups is 1.